The molecule has 1 aliphatic rings. The van der Waals surface area contributed by atoms with E-state index in [0.29, 0.717) is 29.1 Å². The molecule has 22 heavy (non-hydrogen) atoms. The first-order valence-electron chi connectivity index (χ1n) is 6.58. The van der Waals surface area contributed by atoms with Crippen LogP contribution in [0.1, 0.15) is 11.1 Å². The lowest BCUT2D eigenvalue weighted by atomic mass is 9.79. The maximum absolute atomic E-state index is 9.85. The van der Waals surface area contributed by atoms with Crippen molar-refractivity contribution >= 4 is 18.4 Å². The molecule has 0 fully saturated rings. The molecule has 0 aromatic heterocycles. The van der Waals surface area contributed by atoms with Crippen molar-refractivity contribution in [3.8, 4) is 11.5 Å². The van der Waals surface area contributed by atoms with Gasteiger partial charge in [-0.05, 0) is 35.9 Å². The molecule has 0 spiro atoms. The minimum absolute atomic E-state index is 0.158. The molecule has 8 heteroatoms. The quantitative estimate of drug-likeness (QED) is 0.260. The molecule has 3 rings (SSSR count). The van der Waals surface area contributed by atoms with Gasteiger partial charge in [-0.1, -0.05) is 17.4 Å². The van der Waals surface area contributed by atoms with E-state index >= 15 is 0 Å². The van der Waals surface area contributed by atoms with E-state index in [1.807, 2.05) is 12.1 Å². The van der Waals surface area contributed by atoms with Crippen LogP contribution in [-0.2, 0) is 11.3 Å². The highest BCUT2D eigenvalue weighted by Gasteiger charge is 2.31. The lowest BCUT2D eigenvalue weighted by Gasteiger charge is -2.10. The number of nitrogens with zero attached hydrogens (tertiary/aromatic N) is 2. The Morgan fingerprint density at radius 2 is 2.05 bits per heavy atom. The van der Waals surface area contributed by atoms with E-state index in [2.05, 4.69) is 10.3 Å². The molecule has 1 heterocycles. The van der Waals surface area contributed by atoms with Crippen molar-refractivity contribution in [2.75, 3.05) is 0 Å². The minimum Gasteiger partial charge on any atom is -0.458 e. The number of amidine groups is 1. The van der Waals surface area contributed by atoms with Crippen LogP contribution in [0.15, 0.2) is 52.8 Å². The van der Waals surface area contributed by atoms with Crippen molar-refractivity contribution in [3.05, 3.63) is 53.6 Å². The molecule has 4 N–H and O–H groups in total. The predicted molar refractivity (Wildman–Crippen MR) is 81.2 cm³/mol. The van der Waals surface area contributed by atoms with Gasteiger partial charge in [-0.25, -0.2) is 0 Å². The summed E-state index contributed by atoms with van der Waals surface area (Å²) in [4.78, 5) is 0. The molecular formula is C14H13BN4O3. The molecule has 0 radical (unpaired) electrons. The van der Waals surface area contributed by atoms with Crippen molar-refractivity contribution < 1.29 is 14.4 Å². The van der Waals surface area contributed by atoms with Gasteiger partial charge in [0.05, 0.1) is 6.61 Å². The Kier molecular flexibility index (Phi) is 3.86. The zero-order valence-corrected chi connectivity index (χ0v) is 11.6. The molecule has 0 atom stereocenters. The zero-order chi connectivity index (χ0) is 15.5. The third-order valence-corrected chi connectivity index (χ3v) is 3.34. The maximum atomic E-state index is 9.85. The van der Waals surface area contributed by atoms with E-state index in [1.165, 1.54) is 0 Å². The summed E-state index contributed by atoms with van der Waals surface area (Å²) in [5.41, 5.74) is 14.5. The molecule has 0 unspecified atom stereocenters. The van der Waals surface area contributed by atoms with Gasteiger partial charge in [0.2, 0.25) is 0 Å². The minimum atomic E-state index is -0.966. The molecule has 1 aliphatic heterocycles. The zero-order valence-electron chi connectivity index (χ0n) is 11.6. The van der Waals surface area contributed by atoms with E-state index in [9.17, 15) is 5.02 Å². The highest BCUT2D eigenvalue weighted by Crippen LogP contribution is 2.24. The fourth-order valence-corrected chi connectivity index (χ4v) is 2.27. The number of nitrogens with one attached hydrogen (secondary N) is 1. The lowest BCUT2D eigenvalue weighted by molar-refractivity contribution is 0.275. The van der Waals surface area contributed by atoms with E-state index in [-0.39, 0.29) is 5.84 Å². The Bertz CT molecular complexity index is 733. The van der Waals surface area contributed by atoms with Crippen molar-refractivity contribution in [2.24, 2.45) is 16.1 Å². The first-order valence-corrected chi connectivity index (χ1v) is 6.58. The van der Waals surface area contributed by atoms with Crippen LogP contribution in [0, 0.1) is 5.53 Å². The van der Waals surface area contributed by atoms with Crippen LogP contribution in [0.4, 0.5) is 0 Å². The summed E-state index contributed by atoms with van der Waals surface area (Å²) in [5, 5.41) is 16.2. The third kappa shape index (κ3) is 2.69. The summed E-state index contributed by atoms with van der Waals surface area (Å²) in [6.07, 6.45) is 0. The second kappa shape index (κ2) is 5.96. The van der Waals surface area contributed by atoms with Gasteiger partial charge in [-0.3, -0.25) is 0 Å². The van der Waals surface area contributed by atoms with Crippen LogP contribution in [0.5, 0.6) is 11.5 Å². The molecule has 7 nitrogen and oxygen atoms in total. The number of fused-ring (bicyclic) bond motifs is 1. The van der Waals surface area contributed by atoms with Gasteiger partial charge in [-0.2, -0.15) is 5.53 Å². The number of benzene rings is 2. The largest absolute Gasteiger partial charge is 0.495 e. The standard InChI is InChI=1S/C14H13BN4O3/c16-14(18-19-17)9-4-6-11(7-5-9)22-12-3-1-2-10-8-21-15(20)13(10)12/h1-7,20H,8H2,(H3,16,17,18). The van der Waals surface area contributed by atoms with Crippen LogP contribution < -0.4 is 15.9 Å². The fourth-order valence-electron chi connectivity index (χ4n) is 2.27. The highest BCUT2D eigenvalue weighted by molar-refractivity contribution is 6.62. The molecule has 0 amide bonds. The normalized spacial score (nSPS) is 13.9. The number of rotatable bonds is 4. The summed E-state index contributed by atoms with van der Waals surface area (Å²) in [6.45, 7) is 0.371. The molecule has 0 saturated carbocycles. The molecular weight excluding hydrogens is 283 g/mol. The van der Waals surface area contributed by atoms with Gasteiger partial charge >= 0.3 is 7.12 Å². The first kappa shape index (κ1) is 14.2. The molecule has 0 aliphatic carbocycles. The van der Waals surface area contributed by atoms with Crippen molar-refractivity contribution in [1.82, 2.24) is 0 Å². The van der Waals surface area contributed by atoms with Crippen LogP contribution in [0.3, 0.4) is 0 Å². The van der Waals surface area contributed by atoms with Gasteiger partial charge < -0.3 is 20.1 Å². The van der Waals surface area contributed by atoms with E-state index in [1.54, 1.807) is 30.3 Å². The Morgan fingerprint density at radius 3 is 2.77 bits per heavy atom. The van der Waals surface area contributed by atoms with E-state index in [4.69, 9.17) is 20.7 Å². The van der Waals surface area contributed by atoms with Crippen LogP contribution in [0.25, 0.3) is 0 Å². The molecule has 2 aromatic carbocycles. The monoisotopic (exact) mass is 296 g/mol. The first-order chi connectivity index (χ1) is 10.7. The van der Waals surface area contributed by atoms with Gasteiger partial charge in [0.1, 0.15) is 11.5 Å². The summed E-state index contributed by atoms with van der Waals surface area (Å²) in [7, 11) is -0.966. The van der Waals surface area contributed by atoms with Gasteiger partial charge in [0.25, 0.3) is 0 Å². The van der Waals surface area contributed by atoms with Crippen molar-refractivity contribution in [2.45, 2.75) is 6.61 Å². The number of nitrogens with two attached hydrogens (primary N) is 1. The van der Waals surface area contributed by atoms with E-state index in [0.717, 1.165) is 5.56 Å². The number of ether oxygens (including phenoxy) is 1. The van der Waals surface area contributed by atoms with E-state index < -0.39 is 7.12 Å². The van der Waals surface area contributed by atoms with Crippen LogP contribution in [-0.4, -0.2) is 18.0 Å². The second-order valence-corrected chi connectivity index (χ2v) is 4.70. The molecule has 0 saturated heterocycles. The Morgan fingerprint density at radius 1 is 1.27 bits per heavy atom. The van der Waals surface area contributed by atoms with Crippen molar-refractivity contribution in [1.29, 1.82) is 5.53 Å². The topological polar surface area (TPSA) is 113 Å². The molecule has 110 valence electrons. The molecule has 2 aromatic rings. The van der Waals surface area contributed by atoms with Crippen molar-refractivity contribution in [3.63, 3.8) is 0 Å². The summed E-state index contributed by atoms with van der Waals surface area (Å²) in [6, 6.07) is 12.4. The SMILES string of the molecule is N=NN=C(N)c1ccc(Oc2cccc3c2B(O)OC3)cc1. The number of hydrogen-bond donors (Lipinski definition) is 3. The summed E-state index contributed by atoms with van der Waals surface area (Å²) < 4.78 is 11.0. The average molecular weight is 296 g/mol. The van der Waals surface area contributed by atoms with Gasteiger partial charge in [0, 0.05) is 11.0 Å². The summed E-state index contributed by atoms with van der Waals surface area (Å²) in [5.74, 6) is 1.30. The third-order valence-electron chi connectivity index (χ3n) is 3.34. The average Bonchev–Trinajstić information content (AvgIpc) is 2.91. The van der Waals surface area contributed by atoms with Crippen LogP contribution in [0.2, 0.25) is 0 Å². The Balaban J connectivity index is 1.84. The summed E-state index contributed by atoms with van der Waals surface area (Å²) >= 11 is 0. The Hall–Kier alpha value is -2.71. The Labute approximate surface area is 127 Å². The maximum Gasteiger partial charge on any atom is 0.495 e. The predicted octanol–water partition coefficient (Wildman–Crippen LogP) is 1.35. The number of hydrogen-bond acceptors (Lipinski definition) is 5. The lowest BCUT2D eigenvalue weighted by Crippen LogP contribution is -2.29. The van der Waals surface area contributed by atoms with Gasteiger partial charge in [0.15, 0.2) is 5.84 Å². The van der Waals surface area contributed by atoms with Gasteiger partial charge in [-0.15, -0.1) is 5.10 Å². The molecule has 0 bridgehead atoms. The fraction of sp³-hybridized carbons (Fsp3) is 0.0714. The second-order valence-electron chi connectivity index (χ2n) is 4.70. The van der Waals surface area contributed by atoms with Crippen LogP contribution >= 0.6 is 0 Å². The highest BCUT2D eigenvalue weighted by atomic mass is 16.5. The smallest absolute Gasteiger partial charge is 0.458 e.